The van der Waals surface area contributed by atoms with Crippen LogP contribution in [-0.4, -0.2) is 203 Å². The summed E-state index contributed by atoms with van der Waals surface area (Å²) in [5.41, 5.74) is 1.31. The predicted molar refractivity (Wildman–Crippen MR) is 429 cm³/mol. The first-order chi connectivity index (χ1) is 55.3. The van der Waals surface area contributed by atoms with E-state index in [1.807, 2.05) is 84.9 Å². The Bertz CT molecular complexity index is 4900. The zero-order valence-electron chi connectivity index (χ0n) is 67.0. The topological polar surface area (TPSA) is 411 Å². The van der Waals surface area contributed by atoms with Crippen LogP contribution in [0.15, 0.2) is 146 Å². The number of likely N-dealkylation sites (tertiary alicyclic amines) is 2. The van der Waals surface area contributed by atoms with Crippen molar-refractivity contribution in [2.75, 3.05) is 33.7 Å². The number of ketones is 1. The predicted octanol–water partition coefficient (Wildman–Crippen LogP) is 5.28. The fourth-order valence-corrected chi connectivity index (χ4v) is 14.7. The second-order valence-corrected chi connectivity index (χ2v) is 32.5. The number of carboxylic acid groups (broad SMARTS) is 2. The van der Waals surface area contributed by atoms with E-state index >= 15 is 28.8 Å². The monoisotopic (exact) mass is 1590 g/mol. The molecule has 2 aromatic heterocycles. The van der Waals surface area contributed by atoms with Gasteiger partial charge >= 0.3 is 11.9 Å². The molecule has 12 bridgehead atoms. The van der Waals surface area contributed by atoms with Gasteiger partial charge in [0.25, 0.3) is 0 Å². The summed E-state index contributed by atoms with van der Waals surface area (Å²) >= 11 is 0. The summed E-state index contributed by atoms with van der Waals surface area (Å²) in [5, 5.41) is 64.9. The van der Waals surface area contributed by atoms with Crippen molar-refractivity contribution < 1.29 is 72.4 Å². The van der Waals surface area contributed by atoms with Crippen LogP contribution in [0.4, 0.5) is 0 Å². The highest BCUT2D eigenvalue weighted by molar-refractivity contribution is 5.99. The average molecular weight is 1590 g/mol. The second kappa shape index (κ2) is 37.5. The lowest BCUT2D eigenvalue weighted by Gasteiger charge is -2.36. The van der Waals surface area contributed by atoms with Crippen molar-refractivity contribution in [1.82, 2.24) is 82.3 Å². The maximum atomic E-state index is 15.5. The van der Waals surface area contributed by atoms with Crippen molar-refractivity contribution in [3.05, 3.63) is 179 Å². The van der Waals surface area contributed by atoms with Crippen molar-refractivity contribution in [3.63, 3.8) is 0 Å². The number of nitrogens with one attached hydrogen (secondary N) is 8. The number of carbonyl (C=O) groups excluding carboxylic acids is 9. The Hall–Kier alpha value is -12.0. The molecule has 0 saturated carbocycles. The minimum Gasteiger partial charge on any atom is -0.487 e. The normalized spacial score (nSPS) is 21.2. The molecule has 6 aliphatic heterocycles. The van der Waals surface area contributed by atoms with Crippen molar-refractivity contribution in [2.24, 2.45) is 16.7 Å². The first kappa shape index (κ1) is 84.9. The van der Waals surface area contributed by atoms with E-state index in [4.69, 9.17) is 9.47 Å². The van der Waals surface area contributed by atoms with Crippen LogP contribution in [0, 0.1) is 16.7 Å². The van der Waals surface area contributed by atoms with E-state index in [0.29, 0.717) is 45.1 Å². The van der Waals surface area contributed by atoms with E-state index in [2.05, 4.69) is 63.2 Å². The van der Waals surface area contributed by atoms with Crippen molar-refractivity contribution in [2.45, 2.75) is 193 Å². The van der Waals surface area contributed by atoms with Gasteiger partial charge in [0, 0.05) is 58.2 Å². The van der Waals surface area contributed by atoms with Gasteiger partial charge in [-0.2, -0.15) is 0 Å². The molecule has 0 aliphatic carbocycles. The molecule has 12 atom stereocenters. The first-order valence-electron chi connectivity index (χ1n) is 39.2. The SMILES string of the molecule is CN[C@@H](C)C(=O)N[C@H](C(=O)N1C[C@@H]2C[C@H]1C(=O)N[C@@H](Cc1ccc3ccccc3c1)C(=O)C[C@H](C(=O)O)Cc1ccc(cc1)OCc1cn(nn1)[C@H]1C[C@@H](C(=O)N[C@@H](Cc3ccc4ccccc4c3)C(=O)N[C@H](C(=O)NCCCC(=O)O)Cc3ccc(cc3)OCc3cn2nn3)N(C(=O)[C@@H](NC(=O)[C@H](C)NC)C(C)(C)C)C1)C(C)(C)C. The highest BCUT2D eigenvalue weighted by atomic mass is 16.5. The van der Waals surface area contributed by atoms with Crippen molar-refractivity contribution >= 4 is 86.5 Å². The molecule has 8 heterocycles. The third-order valence-electron chi connectivity index (χ3n) is 21.7. The van der Waals surface area contributed by atoms with Crippen molar-refractivity contribution in [3.8, 4) is 11.5 Å². The Morgan fingerprint density at radius 1 is 0.543 bits per heavy atom. The van der Waals surface area contributed by atoms with E-state index in [-0.39, 0.29) is 84.2 Å². The Morgan fingerprint density at radius 2 is 0.983 bits per heavy atom. The molecule has 6 aromatic carbocycles. The van der Waals surface area contributed by atoms with Crippen LogP contribution in [0.3, 0.4) is 0 Å². The number of amides is 8. The number of rotatable bonds is 18. The molecule has 116 heavy (non-hydrogen) atoms. The summed E-state index contributed by atoms with van der Waals surface area (Å²) in [6, 6.07) is 28.1. The first-order valence-corrected chi connectivity index (χ1v) is 39.2. The molecule has 8 amide bonds. The zero-order chi connectivity index (χ0) is 83.3. The van der Waals surface area contributed by atoms with Crippen LogP contribution in [-0.2, 0) is 91.6 Å². The molecule has 614 valence electrons. The molecule has 10 N–H and O–H groups in total. The summed E-state index contributed by atoms with van der Waals surface area (Å²) in [7, 11) is 3.22. The number of benzene rings is 6. The highest BCUT2D eigenvalue weighted by Crippen LogP contribution is 2.35. The van der Waals surface area contributed by atoms with Gasteiger partial charge < -0.3 is 72.0 Å². The number of Topliss-reactive ketones (excluding diaryl/α,β-unsaturated/α-hetero) is 1. The van der Waals surface area contributed by atoms with Gasteiger partial charge in [0.15, 0.2) is 5.78 Å². The molecule has 14 rings (SSSR count). The Balaban J connectivity index is 0.942. The number of carbonyl (C=O) groups is 11. The number of hydrogen-bond donors (Lipinski definition) is 10. The number of ether oxygens (including phenoxy) is 2. The number of nitrogens with zero attached hydrogens (tertiary/aromatic N) is 8. The zero-order valence-corrected chi connectivity index (χ0v) is 67.0. The number of aliphatic carboxylic acids is 2. The average Bonchev–Trinajstić information content (AvgIpc) is 1.62. The number of fused-ring (bicyclic) bond motifs is 2. The largest absolute Gasteiger partial charge is 0.487 e. The van der Waals surface area contributed by atoms with Gasteiger partial charge in [0.2, 0.25) is 47.3 Å². The lowest BCUT2D eigenvalue weighted by Crippen LogP contribution is -2.61. The van der Waals surface area contributed by atoms with Crippen LogP contribution < -0.4 is 52.0 Å². The van der Waals surface area contributed by atoms with Gasteiger partial charge in [-0.1, -0.05) is 161 Å². The van der Waals surface area contributed by atoms with Gasteiger partial charge in [-0.25, -0.2) is 9.36 Å². The molecule has 31 nitrogen and oxygen atoms in total. The van der Waals surface area contributed by atoms with Gasteiger partial charge in [-0.3, -0.25) is 52.7 Å². The maximum absolute atomic E-state index is 15.5. The van der Waals surface area contributed by atoms with E-state index in [9.17, 15) is 34.2 Å². The summed E-state index contributed by atoms with van der Waals surface area (Å²) in [5.74, 6) is -8.38. The quantitative estimate of drug-likeness (QED) is 0.0489. The van der Waals surface area contributed by atoms with Crippen LogP contribution in [0.1, 0.15) is 133 Å². The smallest absolute Gasteiger partial charge is 0.307 e. The van der Waals surface area contributed by atoms with E-state index in [1.54, 1.807) is 130 Å². The molecule has 31 heteroatoms. The Labute approximate surface area is 672 Å². The minimum absolute atomic E-state index is 0.0310. The molecule has 0 radical (unpaired) electrons. The van der Waals surface area contributed by atoms with Gasteiger partial charge in [0.05, 0.1) is 48.5 Å². The number of carboxylic acids is 2. The molecule has 0 spiro atoms. The van der Waals surface area contributed by atoms with Crippen LogP contribution in [0.5, 0.6) is 11.5 Å². The summed E-state index contributed by atoms with van der Waals surface area (Å²) in [6.45, 7) is 13.5. The van der Waals surface area contributed by atoms with Crippen LogP contribution in [0.2, 0.25) is 0 Å². The maximum Gasteiger partial charge on any atom is 0.307 e. The lowest BCUT2D eigenvalue weighted by molar-refractivity contribution is -0.145. The highest BCUT2D eigenvalue weighted by Gasteiger charge is 2.49. The fourth-order valence-electron chi connectivity index (χ4n) is 14.7. The van der Waals surface area contributed by atoms with Crippen LogP contribution in [0.25, 0.3) is 21.5 Å². The van der Waals surface area contributed by atoms with E-state index in [1.165, 1.54) is 19.2 Å². The third-order valence-corrected chi connectivity index (χ3v) is 21.7. The molecular weight excluding hydrogens is 1490 g/mol. The molecular formula is C85H104N16O15. The van der Waals surface area contributed by atoms with Crippen molar-refractivity contribution in [1.29, 1.82) is 0 Å². The Kier molecular flexibility index (Phi) is 27.5. The van der Waals surface area contributed by atoms with Gasteiger partial charge in [-0.15, -0.1) is 10.2 Å². The van der Waals surface area contributed by atoms with E-state index < -0.39 is 155 Å². The van der Waals surface area contributed by atoms with Gasteiger partial charge in [0.1, 0.15) is 72.4 Å². The fraction of sp³-hybridized carbons (Fsp3) is 0.447. The van der Waals surface area contributed by atoms with E-state index in [0.717, 1.165) is 21.5 Å². The standard InChI is InChI=1S/C85H104N16O15/c1-49(86-9)75(105)92-73(84(3,4)5)81(111)98-45-62-41-69(98)79(109)89-66(38-53-21-27-55-16-11-13-18-57(55)35-53)71(102)40-59(83(113)114)34-51-23-29-64(30-24-51)115-47-60-44-101(97-94-60)63-42-70(99(46-63)82(112)74(85(6,7)8)93-76(106)50(2)87-10)80(110)91-68(39-54-22-28-56-17-12-14-19-58(56)36-54)78(108)90-67(77(107)88-33-15-20-72(103)104)37-52-25-31-65(32-26-52)116-48-61-43-100(62)96-95-61/h11-14,16-19,21-32,35-36,43-44,49-50,59,62-63,66-70,73-74,86-87H,15,20,33-34,37-42,45-48H2,1-10H3,(H,88,107)(H,89,109)(H,90,108)(H,91,110)(H,92,105)(H,93,106)(H,103,104)(H,113,114)/t49-,50-,59+,62-,63-,66-,67-,68-,69-,70-,73+,74+/m0/s1. The molecule has 0 unspecified atom stereocenters. The minimum atomic E-state index is -1.40. The summed E-state index contributed by atoms with van der Waals surface area (Å²) in [4.78, 5) is 161. The molecule has 2 fully saturated rings. The molecule has 2 saturated heterocycles. The lowest BCUT2D eigenvalue weighted by atomic mass is 9.85. The molecule has 6 aliphatic rings. The molecule has 8 aromatic rings. The van der Waals surface area contributed by atoms with Crippen LogP contribution >= 0.6 is 0 Å². The summed E-state index contributed by atoms with van der Waals surface area (Å²) < 4.78 is 15.5. The second-order valence-electron chi connectivity index (χ2n) is 32.5. The summed E-state index contributed by atoms with van der Waals surface area (Å²) in [6.07, 6.45) is 2.14. The number of likely N-dealkylation sites (N-methyl/N-ethyl adjacent to an activating group) is 2. The Morgan fingerprint density at radius 3 is 1.42 bits per heavy atom. The number of hydrogen-bond acceptors (Lipinski definition) is 19. The van der Waals surface area contributed by atoms with Gasteiger partial charge in [-0.05, 0) is 126 Å². The third kappa shape index (κ3) is 21.7. The number of aromatic nitrogens is 6.